The number of halogens is 3. The number of rotatable bonds is 6. The number of amides is 1. The Morgan fingerprint density at radius 2 is 1.63 bits per heavy atom. The Kier molecular flexibility index (Phi) is 6.50. The molecule has 0 bridgehead atoms. The van der Waals surface area contributed by atoms with E-state index in [4.69, 9.17) is 0 Å². The normalized spacial score (nSPS) is 11.4. The summed E-state index contributed by atoms with van der Waals surface area (Å²) in [4.78, 5) is 22.5. The fourth-order valence-electron chi connectivity index (χ4n) is 3.13. The lowest BCUT2D eigenvalue weighted by molar-refractivity contribution is -0.141. The van der Waals surface area contributed by atoms with E-state index in [2.05, 4.69) is 16.9 Å². The Bertz CT molecular complexity index is 1000. The average molecular weight is 413 g/mol. The van der Waals surface area contributed by atoms with E-state index in [0.29, 0.717) is 6.54 Å². The first-order valence-corrected chi connectivity index (χ1v) is 9.58. The van der Waals surface area contributed by atoms with Gasteiger partial charge in [-0.25, -0.2) is 4.98 Å². The second-order valence-corrected chi connectivity index (χ2v) is 7.02. The van der Waals surface area contributed by atoms with E-state index in [-0.39, 0.29) is 23.7 Å². The highest BCUT2D eigenvalue weighted by atomic mass is 19.4. The minimum atomic E-state index is -4.55. The van der Waals surface area contributed by atoms with Gasteiger partial charge in [0.25, 0.3) is 5.91 Å². The molecule has 30 heavy (non-hydrogen) atoms. The second-order valence-electron chi connectivity index (χ2n) is 7.02. The maximum Gasteiger partial charge on any atom is 0.433 e. The molecule has 0 aliphatic rings. The summed E-state index contributed by atoms with van der Waals surface area (Å²) < 4.78 is 38.8. The molecule has 0 atom stereocenters. The lowest BCUT2D eigenvalue weighted by atomic mass is 10.1. The maximum absolute atomic E-state index is 13.2. The lowest BCUT2D eigenvalue weighted by Crippen LogP contribution is -2.31. The van der Waals surface area contributed by atoms with Crippen LogP contribution in [0.2, 0.25) is 0 Å². The molecular weight excluding hydrogens is 391 g/mol. The number of carbonyl (C=O) groups excluding carboxylic acids is 1. The molecule has 1 aromatic carbocycles. The predicted octanol–water partition coefficient (Wildman–Crippen LogP) is 5.21. The molecule has 0 unspecified atom stereocenters. The zero-order valence-corrected chi connectivity index (χ0v) is 16.8. The topological polar surface area (TPSA) is 46.1 Å². The first-order chi connectivity index (χ1) is 14.3. The van der Waals surface area contributed by atoms with Crippen LogP contribution < -0.4 is 0 Å². The Balaban J connectivity index is 1.91. The van der Waals surface area contributed by atoms with Crippen molar-refractivity contribution >= 4 is 5.91 Å². The number of carbonyl (C=O) groups is 1. The Morgan fingerprint density at radius 1 is 0.967 bits per heavy atom. The van der Waals surface area contributed by atoms with E-state index in [1.54, 1.807) is 23.4 Å². The average Bonchev–Trinajstić information content (AvgIpc) is 2.73. The molecule has 3 aromatic rings. The molecule has 0 N–H and O–H groups in total. The highest BCUT2D eigenvalue weighted by Crippen LogP contribution is 2.28. The van der Waals surface area contributed by atoms with Crippen LogP contribution in [0.15, 0.2) is 60.9 Å². The Hall–Kier alpha value is -3.22. The van der Waals surface area contributed by atoms with E-state index in [0.717, 1.165) is 23.6 Å². The number of hydrogen-bond donors (Lipinski definition) is 0. The Morgan fingerprint density at radius 3 is 2.20 bits per heavy atom. The number of hydrogen-bond acceptors (Lipinski definition) is 3. The van der Waals surface area contributed by atoms with Gasteiger partial charge in [0.15, 0.2) is 0 Å². The largest absolute Gasteiger partial charge is 0.433 e. The summed E-state index contributed by atoms with van der Waals surface area (Å²) in [6.07, 6.45) is -0.334. The molecular formula is C23H22F3N3O. The van der Waals surface area contributed by atoms with Gasteiger partial charge in [0.1, 0.15) is 5.69 Å². The van der Waals surface area contributed by atoms with Gasteiger partial charge in [-0.05, 0) is 48.2 Å². The quantitative estimate of drug-likeness (QED) is 0.557. The predicted molar refractivity (Wildman–Crippen MR) is 108 cm³/mol. The van der Waals surface area contributed by atoms with Crippen LogP contribution in [-0.2, 0) is 25.7 Å². The standard InChI is InChI=1S/C23H22F3N3O/c1-3-17-6-8-18(9-7-17)14-29(15-19-5-4-12-27-13-19)22(30)20-10-11-21(23(24,25)26)28-16(20)2/h4-13H,3,14-15H2,1-2H3. The summed E-state index contributed by atoms with van der Waals surface area (Å²) in [6, 6.07) is 13.6. The molecule has 1 amide bonds. The smallest absolute Gasteiger partial charge is 0.330 e. The fourth-order valence-corrected chi connectivity index (χ4v) is 3.13. The van der Waals surface area contributed by atoms with Crippen molar-refractivity contribution in [3.8, 4) is 0 Å². The summed E-state index contributed by atoms with van der Waals surface area (Å²) in [7, 11) is 0. The van der Waals surface area contributed by atoms with Crippen LogP contribution in [0.1, 0.15) is 45.4 Å². The number of aryl methyl sites for hydroxylation is 2. The zero-order valence-electron chi connectivity index (χ0n) is 16.8. The van der Waals surface area contributed by atoms with Crippen molar-refractivity contribution in [1.29, 1.82) is 0 Å². The Labute approximate surface area is 173 Å². The van der Waals surface area contributed by atoms with Crippen LogP contribution in [0.3, 0.4) is 0 Å². The summed E-state index contributed by atoms with van der Waals surface area (Å²) in [6.45, 7) is 4.08. The van der Waals surface area contributed by atoms with Crippen molar-refractivity contribution in [2.24, 2.45) is 0 Å². The van der Waals surface area contributed by atoms with Gasteiger partial charge in [-0.15, -0.1) is 0 Å². The van der Waals surface area contributed by atoms with Crippen molar-refractivity contribution < 1.29 is 18.0 Å². The third-order valence-corrected chi connectivity index (χ3v) is 4.79. The number of pyridine rings is 2. The molecule has 0 aliphatic carbocycles. The fraction of sp³-hybridized carbons (Fsp3) is 0.261. The van der Waals surface area contributed by atoms with Gasteiger partial charge in [0.2, 0.25) is 0 Å². The maximum atomic E-state index is 13.2. The molecule has 0 aliphatic heterocycles. The van der Waals surface area contributed by atoms with Crippen LogP contribution >= 0.6 is 0 Å². The van der Waals surface area contributed by atoms with Crippen LogP contribution in [0.5, 0.6) is 0 Å². The van der Waals surface area contributed by atoms with Crippen LogP contribution in [-0.4, -0.2) is 20.8 Å². The molecule has 156 valence electrons. The van der Waals surface area contributed by atoms with Crippen LogP contribution in [0, 0.1) is 6.92 Å². The SMILES string of the molecule is CCc1ccc(CN(Cc2cccnc2)C(=O)c2ccc(C(F)(F)F)nc2C)cc1. The number of alkyl halides is 3. The van der Waals surface area contributed by atoms with Gasteiger partial charge in [0, 0.05) is 25.5 Å². The zero-order chi connectivity index (χ0) is 21.7. The highest BCUT2D eigenvalue weighted by Gasteiger charge is 2.33. The van der Waals surface area contributed by atoms with Crippen molar-refractivity contribution in [2.75, 3.05) is 0 Å². The lowest BCUT2D eigenvalue weighted by Gasteiger charge is -2.24. The molecule has 7 heteroatoms. The number of aromatic nitrogens is 2. The van der Waals surface area contributed by atoms with Gasteiger partial charge in [0.05, 0.1) is 11.3 Å². The van der Waals surface area contributed by atoms with Crippen LogP contribution in [0.25, 0.3) is 0 Å². The van der Waals surface area contributed by atoms with Gasteiger partial charge in [-0.3, -0.25) is 9.78 Å². The molecule has 0 radical (unpaired) electrons. The first-order valence-electron chi connectivity index (χ1n) is 9.58. The van der Waals surface area contributed by atoms with E-state index in [1.165, 1.54) is 18.6 Å². The minimum Gasteiger partial charge on any atom is -0.330 e. The van der Waals surface area contributed by atoms with Crippen molar-refractivity contribution in [3.63, 3.8) is 0 Å². The highest BCUT2D eigenvalue weighted by molar-refractivity contribution is 5.95. The third-order valence-electron chi connectivity index (χ3n) is 4.79. The molecule has 2 aromatic heterocycles. The van der Waals surface area contributed by atoms with Gasteiger partial charge < -0.3 is 4.90 Å². The van der Waals surface area contributed by atoms with Gasteiger partial charge >= 0.3 is 6.18 Å². The second kappa shape index (κ2) is 9.07. The van der Waals surface area contributed by atoms with E-state index < -0.39 is 11.9 Å². The molecule has 4 nitrogen and oxygen atoms in total. The molecule has 2 heterocycles. The van der Waals surface area contributed by atoms with E-state index in [9.17, 15) is 18.0 Å². The summed E-state index contributed by atoms with van der Waals surface area (Å²) in [5.74, 6) is -0.378. The summed E-state index contributed by atoms with van der Waals surface area (Å²) in [5.41, 5.74) is 2.14. The van der Waals surface area contributed by atoms with Gasteiger partial charge in [-0.2, -0.15) is 13.2 Å². The monoisotopic (exact) mass is 413 g/mol. The van der Waals surface area contributed by atoms with Crippen LogP contribution in [0.4, 0.5) is 13.2 Å². The molecule has 0 spiro atoms. The summed E-state index contributed by atoms with van der Waals surface area (Å²) in [5, 5.41) is 0. The number of nitrogens with zero attached hydrogens (tertiary/aromatic N) is 3. The minimum absolute atomic E-state index is 0.0485. The number of benzene rings is 1. The molecule has 0 fully saturated rings. The third kappa shape index (κ3) is 5.23. The molecule has 0 saturated carbocycles. The molecule has 0 saturated heterocycles. The van der Waals surface area contributed by atoms with Crippen molar-refractivity contribution in [1.82, 2.24) is 14.9 Å². The van der Waals surface area contributed by atoms with E-state index in [1.807, 2.05) is 30.3 Å². The first kappa shape index (κ1) is 21.5. The molecule has 3 rings (SSSR count). The van der Waals surface area contributed by atoms with Crippen molar-refractivity contribution in [3.05, 3.63) is 94.6 Å². The van der Waals surface area contributed by atoms with Crippen molar-refractivity contribution in [2.45, 2.75) is 39.5 Å². The summed E-state index contributed by atoms with van der Waals surface area (Å²) >= 11 is 0. The van der Waals surface area contributed by atoms with E-state index >= 15 is 0 Å². The van der Waals surface area contributed by atoms with Gasteiger partial charge in [-0.1, -0.05) is 37.3 Å².